The van der Waals surface area contributed by atoms with Gasteiger partial charge in [-0.1, -0.05) is 48.5 Å². The van der Waals surface area contributed by atoms with Gasteiger partial charge in [0.2, 0.25) is 5.91 Å². The second-order valence-corrected chi connectivity index (χ2v) is 5.65. The Labute approximate surface area is 127 Å². The highest BCUT2D eigenvalue weighted by atomic mass is 16.2. The highest BCUT2D eigenvalue weighted by Gasteiger charge is 2.09. The lowest BCUT2D eigenvalue weighted by Gasteiger charge is -2.17. The van der Waals surface area contributed by atoms with Crippen molar-refractivity contribution in [1.82, 2.24) is 4.90 Å². The van der Waals surface area contributed by atoms with Gasteiger partial charge in [-0.05, 0) is 42.5 Å². The Kier molecular flexibility index (Phi) is 5.15. The number of rotatable bonds is 5. The largest absolute Gasteiger partial charge is 0.341 e. The van der Waals surface area contributed by atoms with Gasteiger partial charge in [-0.3, -0.25) is 4.79 Å². The summed E-state index contributed by atoms with van der Waals surface area (Å²) in [6.07, 6.45) is 1.37. The van der Waals surface area contributed by atoms with Gasteiger partial charge in [0.15, 0.2) is 0 Å². The van der Waals surface area contributed by atoms with E-state index in [9.17, 15) is 4.79 Å². The lowest BCUT2D eigenvalue weighted by atomic mass is 10.0. The lowest BCUT2D eigenvalue weighted by Crippen LogP contribution is -2.26. The monoisotopic (exact) mass is 281 g/mol. The first-order valence-electron chi connectivity index (χ1n) is 7.40. The first kappa shape index (κ1) is 15.3. The van der Waals surface area contributed by atoms with Gasteiger partial charge in [-0.15, -0.1) is 0 Å². The Hall–Kier alpha value is -2.09. The Bertz CT molecular complexity index is 604. The van der Waals surface area contributed by atoms with E-state index in [1.54, 1.807) is 4.90 Å². The molecule has 0 aliphatic rings. The van der Waals surface area contributed by atoms with Gasteiger partial charge < -0.3 is 4.90 Å². The Morgan fingerprint density at radius 1 is 0.952 bits per heavy atom. The van der Waals surface area contributed by atoms with Gasteiger partial charge in [0.05, 0.1) is 0 Å². The SMILES string of the molecule is Cc1ccc(CCC(=O)N(C)Cc2ccccc2)cc1C. The van der Waals surface area contributed by atoms with Crippen LogP contribution in [-0.2, 0) is 17.8 Å². The first-order valence-corrected chi connectivity index (χ1v) is 7.40. The Morgan fingerprint density at radius 2 is 1.67 bits per heavy atom. The van der Waals surface area contributed by atoms with Crippen molar-refractivity contribution in [3.8, 4) is 0 Å². The molecule has 0 aromatic heterocycles. The third-order valence-corrected chi connectivity index (χ3v) is 3.89. The standard InChI is InChI=1S/C19H23NO/c1-15-9-10-17(13-16(15)2)11-12-19(21)20(3)14-18-7-5-4-6-8-18/h4-10,13H,11-12,14H2,1-3H3. The fraction of sp³-hybridized carbons (Fsp3) is 0.316. The summed E-state index contributed by atoms with van der Waals surface area (Å²) in [5.74, 6) is 0.192. The molecule has 2 heteroatoms. The molecule has 2 aromatic rings. The number of amides is 1. The quantitative estimate of drug-likeness (QED) is 0.814. The predicted octanol–water partition coefficient (Wildman–Crippen LogP) is 3.89. The van der Waals surface area contributed by atoms with Gasteiger partial charge in [-0.2, -0.15) is 0 Å². The molecule has 0 bridgehead atoms. The summed E-state index contributed by atoms with van der Waals surface area (Å²) in [5.41, 5.74) is 4.99. The molecule has 110 valence electrons. The molecule has 2 rings (SSSR count). The van der Waals surface area contributed by atoms with E-state index in [0.717, 1.165) is 6.42 Å². The molecule has 0 spiro atoms. The normalized spacial score (nSPS) is 10.4. The summed E-state index contributed by atoms with van der Waals surface area (Å²) in [6, 6.07) is 16.5. The van der Waals surface area contributed by atoms with E-state index in [0.29, 0.717) is 13.0 Å². The zero-order valence-corrected chi connectivity index (χ0v) is 13.1. The van der Waals surface area contributed by atoms with Crippen molar-refractivity contribution >= 4 is 5.91 Å². The van der Waals surface area contributed by atoms with Crippen molar-refractivity contribution in [3.63, 3.8) is 0 Å². The Morgan fingerprint density at radius 3 is 2.33 bits per heavy atom. The molecule has 0 atom stereocenters. The molecule has 0 heterocycles. The van der Waals surface area contributed by atoms with Crippen LogP contribution in [0.4, 0.5) is 0 Å². The third kappa shape index (κ3) is 4.45. The van der Waals surface area contributed by atoms with Crippen molar-refractivity contribution < 1.29 is 4.79 Å². The van der Waals surface area contributed by atoms with Crippen molar-refractivity contribution in [2.24, 2.45) is 0 Å². The molecule has 0 saturated heterocycles. The highest BCUT2D eigenvalue weighted by molar-refractivity contribution is 5.76. The summed E-state index contributed by atoms with van der Waals surface area (Å²) in [6.45, 7) is 4.90. The maximum Gasteiger partial charge on any atom is 0.222 e. The van der Waals surface area contributed by atoms with Crippen LogP contribution in [0.5, 0.6) is 0 Å². The maximum atomic E-state index is 12.2. The lowest BCUT2D eigenvalue weighted by molar-refractivity contribution is -0.130. The molecule has 0 aliphatic heterocycles. The summed E-state index contributed by atoms with van der Waals surface area (Å²) in [4.78, 5) is 14.0. The van der Waals surface area contributed by atoms with Gasteiger partial charge in [0.1, 0.15) is 0 Å². The molecule has 2 aromatic carbocycles. The van der Waals surface area contributed by atoms with Crippen molar-refractivity contribution in [2.45, 2.75) is 33.2 Å². The maximum absolute atomic E-state index is 12.2. The van der Waals surface area contributed by atoms with Crippen LogP contribution in [0.2, 0.25) is 0 Å². The van der Waals surface area contributed by atoms with Crippen LogP contribution in [0.3, 0.4) is 0 Å². The number of aryl methyl sites for hydroxylation is 3. The molecule has 0 unspecified atom stereocenters. The van der Waals surface area contributed by atoms with E-state index in [4.69, 9.17) is 0 Å². The first-order chi connectivity index (χ1) is 10.1. The van der Waals surface area contributed by atoms with E-state index >= 15 is 0 Å². The molecular formula is C19H23NO. The average molecular weight is 281 g/mol. The minimum atomic E-state index is 0.192. The van der Waals surface area contributed by atoms with Crippen LogP contribution >= 0.6 is 0 Å². The van der Waals surface area contributed by atoms with Crippen LogP contribution in [0.15, 0.2) is 48.5 Å². The predicted molar refractivity (Wildman–Crippen MR) is 87.2 cm³/mol. The van der Waals surface area contributed by atoms with Gasteiger partial charge in [-0.25, -0.2) is 0 Å². The number of hydrogen-bond donors (Lipinski definition) is 0. The summed E-state index contributed by atoms with van der Waals surface area (Å²) in [7, 11) is 1.87. The molecule has 0 fully saturated rings. The van der Waals surface area contributed by atoms with Crippen LogP contribution in [-0.4, -0.2) is 17.9 Å². The second kappa shape index (κ2) is 7.07. The van der Waals surface area contributed by atoms with Crippen molar-refractivity contribution in [3.05, 3.63) is 70.8 Å². The van der Waals surface area contributed by atoms with Crippen LogP contribution in [0.25, 0.3) is 0 Å². The molecule has 0 aliphatic carbocycles. The molecule has 2 nitrogen and oxygen atoms in total. The van der Waals surface area contributed by atoms with Crippen LogP contribution < -0.4 is 0 Å². The minimum Gasteiger partial charge on any atom is -0.341 e. The number of nitrogens with zero attached hydrogens (tertiary/aromatic N) is 1. The molecule has 0 radical (unpaired) electrons. The topological polar surface area (TPSA) is 20.3 Å². The number of hydrogen-bond acceptors (Lipinski definition) is 1. The van der Waals surface area contributed by atoms with E-state index in [1.165, 1.54) is 22.3 Å². The summed E-state index contributed by atoms with van der Waals surface area (Å²) >= 11 is 0. The third-order valence-electron chi connectivity index (χ3n) is 3.89. The number of benzene rings is 2. The molecule has 0 N–H and O–H groups in total. The molecule has 0 saturated carbocycles. The summed E-state index contributed by atoms with van der Waals surface area (Å²) < 4.78 is 0. The van der Waals surface area contributed by atoms with Crippen molar-refractivity contribution in [2.75, 3.05) is 7.05 Å². The van der Waals surface area contributed by atoms with Crippen molar-refractivity contribution in [1.29, 1.82) is 0 Å². The average Bonchev–Trinajstić information content (AvgIpc) is 2.49. The molecular weight excluding hydrogens is 258 g/mol. The number of carbonyl (C=O) groups is 1. The van der Waals surface area contributed by atoms with Gasteiger partial charge >= 0.3 is 0 Å². The zero-order chi connectivity index (χ0) is 15.2. The van der Waals surface area contributed by atoms with E-state index in [1.807, 2.05) is 37.4 Å². The Balaban J connectivity index is 1.87. The highest BCUT2D eigenvalue weighted by Crippen LogP contribution is 2.12. The van der Waals surface area contributed by atoms with Gasteiger partial charge in [0, 0.05) is 20.0 Å². The van der Waals surface area contributed by atoms with E-state index < -0.39 is 0 Å². The van der Waals surface area contributed by atoms with E-state index in [-0.39, 0.29) is 5.91 Å². The smallest absolute Gasteiger partial charge is 0.222 e. The van der Waals surface area contributed by atoms with Crippen LogP contribution in [0, 0.1) is 13.8 Å². The van der Waals surface area contributed by atoms with E-state index in [2.05, 4.69) is 32.0 Å². The minimum absolute atomic E-state index is 0.192. The molecule has 1 amide bonds. The fourth-order valence-electron chi connectivity index (χ4n) is 2.35. The molecule has 21 heavy (non-hydrogen) atoms. The zero-order valence-electron chi connectivity index (χ0n) is 13.1. The van der Waals surface area contributed by atoms with Gasteiger partial charge in [0.25, 0.3) is 0 Å². The second-order valence-electron chi connectivity index (χ2n) is 5.65. The fourth-order valence-corrected chi connectivity index (χ4v) is 2.35. The number of carbonyl (C=O) groups excluding carboxylic acids is 1. The van der Waals surface area contributed by atoms with Crippen LogP contribution in [0.1, 0.15) is 28.7 Å². The summed E-state index contributed by atoms with van der Waals surface area (Å²) in [5, 5.41) is 0.